The van der Waals surface area contributed by atoms with Gasteiger partial charge in [0.2, 0.25) is 0 Å². The van der Waals surface area contributed by atoms with Crippen LogP contribution >= 0.6 is 0 Å². The number of halogens is 3. The van der Waals surface area contributed by atoms with Crippen LogP contribution in [-0.2, 0) is 15.7 Å². The molecule has 5 nitrogen and oxygen atoms in total. The molecular weight excluding hydrogens is 351 g/mol. The van der Waals surface area contributed by atoms with Crippen LogP contribution in [0.4, 0.5) is 13.2 Å². The smallest absolute Gasteiger partial charge is 0.417 e. The van der Waals surface area contributed by atoms with Crippen molar-refractivity contribution in [2.45, 2.75) is 26.3 Å². The number of ether oxygens (including phenoxy) is 3. The fraction of sp³-hybridized carbons (Fsp3) is 0.389. The number of aromatic nitrogens is 1. The molecule has 2 aromatic rings. The van der Waals surface area contributed by atoms with Gasteiger partial charge in [0.05, 0.1) is 11.3 Å². The number of benzene rings is 1. The van der Waals surface area contributed by atoms with Crippen molar-refractivity contribution < 1.29 is 32.5 Å². The summed E-state index contributed by atoms with van der Waals surface area (Å²) in [6, 6.07) is 6.68. The number of pyridine rings is 1. The third-order valence-corrected chi connectivity index (χ3v) is 3.43. The molecule has 8 heteroatoms. The summed E-state index contributed by atoms with van der Waals surface area (Å²) in [5.74, 6) is 0.0565. The molecule has 0 saturated carbocycles. The Balaban J connectivity index is 2.09. The van der Waals surface area contributed by atoms with Gasteiger partial charge in [-0.2, -0.15) is 13.2 Å². The molecule has 1 aromatic carbocycles. The van der Waals surface area contributed by atoms with Crippen molar-refractivity contribution in [3.63, 3.8) is 0 Å². The van der Waals surface area contributed by atoms with E-state index in [0.717, 1.165) is 12.3 Å². The van der Waals surface area contributed by atoms with E-state index in [0.29, 0.717) is 24.5 Å². The highest BCUT2D eigenvalue weighted by Gasteiger charge is 2.30. The van der Waals surface area contributed by atoms with E-state index in [1.165, 1.54) is 18.2 Å². The van der Waals surface area contributed by atoms with Crippen LogP contribution in [0.1, 0.15) is 19.4 Å². The number of rotatable bonds is 8. The van der Waals surface area contributed by atoms with Crippen molar-refractivity contribution in [2.24, 2.45) is 0 Å². The summed E-state index contributed by atoms with van der Waals surface area (Å²) < 4.78 is 53.9. The van der Waals surface area contributed by atoms with Crippen molar-refractivity contribution in [3.8, 4) is 22.8 Å². The Kier molecular flexibility index (Phi) is 6.82. The molecule has 0 unspecified atom stereocenters. The van der Waals surface area contributed by atoms with Crippen LogP contribution in [0.2, 0.25) is 0 Å². The van der Waals surface area contributed by atoms with E-state index in [4.69, 9.17) is 14.2 Å². The first kappa shape index (κ1) is 20.0. The summed E-state index contributed by atoms with van der Waals surface area (Å²) in [4.78, 5) is 3.80. The van der Waals surface area contributed by atoms with Gasteiger partial charge in [0.1, 0.15) is 6.61 Å². The predicted molar refractivity (Wildman–Crippen MR) is 88.9 cm³/mol. The van der Waals surface area contributed by atoms with Gasteiger partial charge in [0, 0.05) is 25.0 Å². The number of aromatic hydroxyl groups is 1. The molecule has 0 bridgehead atoms. The van der Waals surface area contributed by atoms with Crippen LogP contribution in [0.3, 0.4) is 0 Å². The lowest BCUT2D eigenvalue weighted by Crippen LogP contribution is -2.25. The molecule has 0 atom stereocenters. The fourth-order valence-corrected chi connectivity index (χ4v) is 2.21. The molecule has 0 aliphatic rings. The second-order valence-electron chi connectivity index (χ2n) is 5.26. The first-order valence-corrected chi connectivity index (χ1v) is 8.07. The SMILES string of the molecule is CCOC(COc1ccc(-c2ccc(C(F)(F)F)cn2)cc1O)OCC. The van der Waals surface area contributed by atoms with Crippen molar-refractivity contribution >= 4 is 0 Å². The average molecular weight is 371 g/mol. The number of phenols is 1. The van der Waals surface area contributed by atoms with Gasteiger partial charge in [0.25, 0.3) is 0 Å². The Morgan fingerprint density at radius 1 is 1.08 bits per heavy atom. The molecule has 142 valence electrons. The van der Waals surface area contributed by atoms with Gasteiger partial charge in [-0.1, -0.05) is 0 Å². The van der Waals surface area contributed by atoms with E-state index in [1.807, 2.05) is 13.8 Å². The molecule has 0 saturated heterocycles. The molecule has 0 aliphatic heterocycles. The second-order valence-corrected chi connectivity index (χ2v) is 5.26. The predicted octanol–water partition coefficient (Wildman–Crippen LogP) is 4.25. The fourth-order valence-electron chi connectivity index (χ4n) is 2.21. The van der Waals surface area contributed by atoms with Crippen LogP contribution in [-0.4, -0.2) is 36.2 Å². The molecule has 1 heterocycles. The Bertz CT molecular complexity index is 699. The largest absolute Gasteiger partial charge is 0.504 e. The quantitative estimate of drug-likeness (QED) is 0.703. The van der Waals surface area contributed by atoms with E-state index in [9.17, 15) is 18.3 Å². The average Bonchev–Trinajstić information content (AvgIpc) is 2.60. The van der Waals surface area contributed by atoms with Crippen LogP contribution in [0.15, 0.2) is 36.5 Å². The lowest BCUT2D eigenvalue weighted by molar-refractivity contribution is -0.152. The molecule has 1 aromatic heterocycles. The van der Waals surface area contributed by atoms with Crippen LogP contribution < -0.4 is 4.74 Å². The standard InChI is InChI=1S/C18H20F3NO4/c1-3-24-17(25-4-2)11-26-16-8-5-12(9-15(16)23)14-7-6-13(10-22-14)18(19,20)21/h5-10,17,23H,3-4,11H2,1-2H3. The van der Waals surface area contributed by atoms with Crippen molar-refractivity contribution in [1.29, 1.82) is 0 Å². The first-order chi connectivity index (χ1) is 12.3. The van der Waals surface area contributed by atoms with Crippen molar-refractivity contribution in [1.82, 2.24) is 4.98 Å². The first-order valence-electron chi connectivity index (χ1n) is 8.07. The normalized spacial score (nSPS) is 11.8. The van der Waals surface area contributed by atoms with Gasteiger partial charge in [-0.25, -0.2) is 0 Å². The van der Waals surface area contributed by atoms with Crippen LogP contribution in [0, 0.1) is 0 Å². The second kappa shape index (κ2) is 8.86. The Labute approximate surface area is 149 Å². The molecule has 2 rings (SSSR count). The molecule has 0 aliphatic carbocycles. The third kappa shape index (κ3) is 5.34. The summed E-state index contributed by atoms with van der Waals surface area (Å²) in [5.41, 5.74) is -0.0561. The maximum Gasteiger partial charge on any atom is 0.417 e. The van der Waals surface area contributed by atoms with E-state index in [2.05, 4.69) is 4.98 Å². The zero-order valence-electron chi connectivity index (χ0n) is 14.4. The van der Waals surface area contributed by atoms with Crippen molar-refractivity contribution in [3.05, 3.63) is 42.1 Å². The minimum absolute atomic E-state index is 0.0904. The van der Waals surface area contributed by atoms with E-state index < -0.39 is 18.0 Å². The van der Waals surface area contributed by atoms with Gasteiger partial charge in [-0.15, -0.1) is 0 Å². The summed E-state index contributed by atoms with van der Waals surface area (Å²) in [6.07, 6.45) is -4.24. The molecule has 0 spiro atoms. The Hall–Kier alpha value is -2.32. The molecule has 0 radical (unpaired) electrons. The van der Waals surface area contributed by atoms with E-state index >= 15 is 0 Å². The number of nitrogens with zero attached hydrogens (tertiary/aromatic N) is 1. The van der Waals surface area contributed by atoms with Gasteiger partial charge in [-0.3, -0.25) is 4.98 Å². The Morgan fingerprint density at radius 3 is 2.27 bits per heavy atom. The van der Waals surface area contributed by atoms with Crippen molar-refractivity contribution in [2.75, 3.05) is 19.8 Å². The molecular formula is C18H20F3NO4. The number of hydrogen-bond acceptors (Lipinski definition) is 5. The lowest BCUT2D eigenvalue weighted by atomic mass is 10.1. The number of hydrogen-bond donors (Lipinski definition) is 1. The van der Waals surface area contributed by atoms with Gasteiger partial charge in [0.15, 0.2) is 17.8 Å². The maximum absolute atomic E-state index is 12.6. The minimum atomic E-state index is -4.44. The zero-order valence-corrected chi connectivity index (χ0v) is 14.4. The van der Waals surface area contributed by atoms with Gasteiger partial charge >= 0.3 is 6.18 Å². The molecule has 26 heavy (non-hydrogen) atoms. The summed E-state index contributed by atoms with van der Waals surface area (Å²) in [6.45, 7) is 4.66. The Morgan fingerprint density at radius 2 is 1.77 bits per heavy atom. The molecule has 0 fully saturated rings. The topological polar surface area (TPSA) is 60.8 Å². The number of phenolic OH excluding ortho intramolecular Hbond substituents is 1. The van der Waals surface area contributed by atoms with Crippen LogP contribution in [0.5, 0.6) is 11.5 Å². The van der Waals surface area contributed by atoms with E-state index in [1.54, 1.807) is 6.07 Å². The third-order valence-electron chi connectivity index (χ3n) is 3.43. The maximum atomic E-state index is 12.6. The minimum Gasteiger partial charge on any atom is -0.504 e. The highest BCUT2D eigenvalue weighted by atomic mass is 19.4. The summed E-state index contributed by atoms with van der Waals surface area (Å²) in [7, 11) is 0. The lowest BCUT2D eigenvalue weighted by Gasteiger charge is -2.18. The summed E-state index contributed by atoms with van der Waals surface area (Å²) in [5, 5.41) is 10.1. The molecule has 0 amide bonds. The van der Waals surface area contributed by atoms with E-state index in [-0.39, 0.29) is 18.1 Å². The number of alkyl halides is 3. The van der Waals surface area contributed by atoms with Crippen LogP contribution in [0.25, 0.3) is 11.3 Å². The monoisotopic (exact) mass is 371 g/mol. The van der Waals surface area contributed by atoms with Gasteiger partial charge in [-0.05, 0) is 44.2 Å². The molecule has 1 N–H and O–H groups in total. The highest BCUT2D eigenvalue weighted by molar-refractivity contribution is 5.63. The highest BCUT2D eigenvalue weighted by Crippen LogP contribution is 2.33. The zero-order chi connectivity index (χ0) is 19.2. The summed E-state index contributed by atoms with van der Waals surface area (Å²) >= 11 is 0. The van der Waals surface area contributed by atoms with Gasteiger partial charge < -0.3 is 19.3 Å².